The molecule has 0 heterocycles. The van der Waals surface area contributed by atoms with Gasteiger partial charge in [0.25, 0.3) is 9.24 Å². The topological polar surface area (TPSA) is 60.2 Å². The molecule has 0 fully saturated rings. The van der Waals surface area contributed by atoms with E-state index < -0.39 is 9.24 Å². The fourth-order valence-electron chi connectivity index (χ4n) is 0. The molecule has 0 aliphatic carbocycles. The Kier molecular flexibility index (Phi) is 6.80. The van der Waals surface area contributed by atoms with E-state index in [1.54, 1.807) is 0 Å². The van der Waals surface area contributed by atoms with Crippen molar-refractivity contribution in [3.05, 3.63) is 0 Å². The summed E-state index contributed by atoms with van der Waals surface area (Å²) in [5, 5.41) is 4.09. The molecule has 6 heteroatoms. The van der Waals surface area contributed by atoms with Crippen molar-refractivity contribution in [2.75, 3.05) is 0 Å². The van der Waals surface area contributed by atoms with Gasteiger partial charge < -0.3 is 0 Å². The number of rotatable bonds is 0. The van der Waals surface area contributed by atoms with Crippen molar-refractivity contribution in [2.24, 2.45) is 5.14 Å². The van der Waals surface area contributed by atoms with Crippen LogP contribution in [0.1, 0.15) is 0 Å². The van der Waals surface area contributed by atoms with E-state index in [1.165, 1.54) is 0 Å². The van der Waals surface area contributed by atoms with E-state index in [1.807, 2.05) is 0 Å². The number of hydrogen-bond donors (Lipinski definition) is 1. The van der Waals surface area contributed by atoms with Crippen molar-refractivity contribution in [1.82, 2.24) is 0 Å². The molecular formula is H3ClKNO2S. The summed E-state index contributed by atoms with van der Waals surface area (Å²) < 4.78 is 18.4. The molecule has 2 N–H and O–H groups in total. The van der Waals surface area contributed by atoms with Gasteiger partial charge >= 0.3 is 51.4 Å². The quantitative estimate of drug-likeness (QED) is 0.352. The van der Waals surface area contributed by atoms with Gasteiger partial charge in [-0.2, -0.15) is 8.42 Å². The van der Waals surface area contributed by atoms with E-state index in [0.717, 1.165) is 0 Å². The third kappa shape index (κ3) is 40.5. The molecule has 34 valence electrons. The van der Waals surface area contributed by atoms with E-state index in [4.69, 9.17) is 0 Å². The molecule has 0 spiro atoms. The van der Waals surface area contributed by atoms with Crippen LogP contribution in [-0.2, 0) is 9.24 Å². The van der Waals surface area contributed by atoms with Crippen LogP contribution in [0.3, 0.4) is 0 Å². The Morgan fingerprint density at radius 3 is 1.50 bits per heavy atom. The zero-order chi connectivity index (χ0) is 4.50. The molecule has 0 saturated carbocycles. The molecule has 0 radical (unpaired) electrons. The van der Waals surface area contributed by atoms with Gasteiger partial charge in [0.2, 0.25) is 0 Å². The molecule has 6 heavy (non-hydrogen) atoms. The first-order chi connectivity index (χ1) is 2.00. The van der Waals surface area contributed by atoms with Crippen LogP contribution in [0.2, 0.25) is 0 Å². The van der Waals surface area contributed by atoms with Crippen LogP contribution in [0.4, 0.5) is 0 Å². The molecular weight excluding hydrogens is 153 g/mol. The first kappa shape index (κ1) is 10.8. The molecule has 3 nitrogen and oxygen atoms in total. The summed E-state index contributed by atoms with van der Waals surface area (Å²) in [5.41, 5.74) is 0. The van der Waals surface area contributed by atoms with Crippen LogP contribution in [0.5, 0.6) is 0 Å². The van der Waals surface area contributed by atoms with Crippen LogP contribution in [0, 0.1) is 0 Å². The van der Waals surface area contributed by atoms with Crippen LogP contribution in [0.25, 0.3) is 0 Å². The summed E-state index contributed by atoms with van der Waals surface area (Å²) in [4.78, 5) is 0. The summed E-state index contributed by atoms with van der Waals surface area (Å²) >= 11 is 0. The summed E-state index contributed by atoms with van der Waals surface area (Å²) in [6.45, 7) is 0. The first-order valence-electron chi connectivity index (χ1n) is 0.723. The second-order valence-corrected chi connectivity index (χ2v) is 2.72. The molecule has 0 saturated heterocycles. The standard InChI is InChI=1S/ClH2NO2S.K.H/c1-5(2,3)4;;/h(H2,2,3,4);;. The van der Waals surface area contributed by atoms with E-state index in [0.29, 0.717) is 0 Å². The van der Waals surface area contributed by atoms with Gasteiger partial charge in [-0.15, -0.1) is 0 Å². The molecule has 0 aromatic carbocycles. The predicted octanol–water partition coefficient (Wildman–Crippen LogP) is -1.22. The number of nitrogens with two attached hydrogens (primary N) is 1. The van der Waals surface area contributed by atoms with Gasteiger partial charge in [0.05, 0.1) is 0 Å². The molecule has 0 aliphatic heterocycles. The van der Waals surface area contributed by atoms with Crippen molar-refractivity contribution in [3.8, 4) is 0 Å². The Balaban J connectivity index is 0. The Morgan fingerprint density at radius 2 is 1.50 bits per heavy atom. The molecule has 0 rings (SSSR count). The summed E-state index contributed by atoms with van der Waals surface area (Å²) in [6, 6.07) is 0. The summed E-state index contributed by atoms with van der Waals surface area (Å²) in [7, 11) is 0.586. The van der Waals surface area contributed by atoms with Gasteiger partial charge in [0.15, 0.2) is 0 Å². The fraction of sp³-hybridized carbons (Fsp3) is 0. The number of hydrogen-bond acceptors (Lipinski definition) is 2. The number of halogens is 1. The minimum atomic E-state index is -3.69. The second kappa shape index (κ2) is 3.79. The first-order valence-corrected chi connectivity index (χ1v) is 3.10. The van der Waals surface area contributed by atoms with Gasteiger partial charge in [-0.05, 0) is 0 Å². The molecule has 0 atom stereocenters. The van der Waals surface area contributed by atoms with Crippen molar-refractivity contribution in [3.63, 3.8) is 0 Å². The zero-order valence-electron chi connectivity index (χ0n) is 2.18. The van der Waals surface area contributed by atoms with Gasteiger partial charge in [0, 0.05) is 10.7 Å². The maximum absolute atomic E-state index is 9.18. The van der Waals surface area contributed by atoms with Gasteiger partial charge in [-0.1, -0.05) is 0 Å². The van der Waals surface area contributed by atoms with Crippen LogP contribution in [0.15, 0.2) is 0 Å². The van der Waals surface area contributed by atoms with E-state index in [9.17, 15) is 8.42 Å². The second-order valence-electron chi connectivity index (χ2n) is 0.476. The SMILES string of the molecule is NS(=O)(=O)Cl.[KH]. The van der Waals surface area contributed by atoms with E-state index in [2.05, 4.69) is 15.8 Å². The Morgan fingerprint density at radius 1 is 1.50 bits per heavy atom. The molecule has 0 aromatic rings. The minimum absolute atomic E-state index is 0. The van der Waals surface area contributed by atoms with Crippen molar-refractivity contribution in [1.29, 1.82) is 0 Å². The zero-order valence-corrected chi connectivity index (χ0v) is 3.75. The average molecular weight is 156 g/mol. The molecule has 0 unspecified atom stereocenters. The molecule has 0 amide bonds. The van der Waals surface area contributed by atoms with E-state index in [-0.39, 0.29) is 51.4 Å². The third-order valence-corrected chi connectivity index (χ3v) is 0. The van der Waals surface area contributed by atoms with Gasteiger partial charge in [-0.25, -0.2) is 5.14 Å². The van der Waals surface area contributed by atoms with Crippen LogP contribution < -0.4 is 5.14 Å². The van der Waals surface area contributed by atoms with Crippen molar-refractivity contribution in [2.45, 2.75) is 0 Å². The molecule has 0 bridgehead atoms. The fourth-order valence-corrected chi connectivity index (χ4v) is 0. The summed E-state index contributed by atoms with van der Waals surface area (Å²) in [5.74, 6) is 0. The normalized spacial score (nSPS) is 9.67. The maximum atomic E-state index is 9.18. The van der Waals surface area contributed by atoms with Crippen LogP contribution in [-0.4, -0.2) is 59.8 Å². The Hall–Kier alpha value is 1.84. The third-order valence-electron chi connectivity index (χ3n) is 0. The van der Waals surface area contributed by atoms with Gasteiger partial charge in [0.1, 0.15) is 0 Å². The molecule has 0 aliphatic rings. The van der Waals surface area contributed by atoms with Gasteiger partial charge in [-0.3, -0.25) is 0 Å². The van der Waals surface area contributed by atoms with Crippen LogP contribution >= 0.6 is 10.7 Å². The molecule has 0 aromatic heterocycles. The van der Waals surface area contributed by atoms with Crippen molar-refractivity contribution < 1.29 is 8.42 Å². The van der Waals surface area contributed by atoms with E-state index >= 15 is 0 Å². The van der Waals surface area contributed by atoms with Crippen molar-refractivity contribution >= 4 is 71.3 Å². The average Bonchev–Trinajstić information content (AvgIpc) is 0.722. The summed E-state index contributed by atoms with van der Waals surface area (Å²) in [6.07, 6.45) is 0. The predicted molar refractivity (Wildman–Crippen MR) is 26.1 cm³/mol. The monoisotopic (exact) mass is 155 g/mol. The Labute approximate surface area is 83.2 Å². The Bertz CT molecular complexity index is 96.7.